The summed E-state index contributed by atoms with van der Waals surface area (Å²) in [7, 11) is 0. The van der Waals surface area contributed by atoms with Crippen molar-refractivity contribution in [1.82, 2.24) is 0 Å². The van der Waals surface area contributed by atoms with Gasteiger partial charge in [-0.3, -0.25) is 0 Å². The number of hydrogen-bond donors (Lipinski definition) is 0. The molecule has 0 N–H and O–H groups in total. The lowest BCUT2D eigenvalue weighted by Gasteiger charge is -1.95. The molecule has 0 atom stereocenters. The van der Waals surface area contributed by atoms with Crippen LogP contribution in [0, 0.1) is 0 Å². The van der Waals surface area contributed by atoms with E-state index in [0.717, 1.165) is 5.76 Å². The van der Waals surface area contributed by atoms with Gasteiger partial charge in [-0.05, 0) is 19.1 Å². The van der Waals surface area contributed by atoms with Crippen molar-refractivity contribution in [3.63, 3.8) is 0 Å². The summed E-state index contributed by atoms with van der Waals surface area (Å²) >= 11 is 0. The van der Waals surface area contributed by atoms with E-state index in [2.05, 4.69) is 0 Å². The van der Waals surface area contributed by atoms with Crippen molar-refractivity contribution in [2.24, 2.45) is 0 Å². The van der Waals surface area contributed by atoms with Gasteiger partial charge in [0.25, 0.3) is 0 Å². The van der Waals surface area contributed by atoms with Crippen molar-refractivity contribution in [2.75, 3.05) is 6.61 Å². The van der Waals surface area contributed by atoms with Gasteiger partial charge in [-0.1, -0.05) is 12.2 Å². The van der Waals surface area contributed by atoms with Gasteiger partial charge in [0.2, 0.25) is 0 Å². The summed E-state index contributed by atoms with van der Waals surface area (Å²) in [4.78, 5) is 0. The Kier molecular flexibility index (Phi) is 3.48. The van der Waals surface area contributed by atoms with Gasteiger partial charge < -0.3 is 9.15 Å². The highest BCUT2D eigenvalue weighted by atomic mass is 16.5. The smallest absolute Gasteiger partial charge is 0.129 e. The van der Waals surface area contributed by atoms with E-state index < -0.39 is 0 Å². The van der Waals surface area contributed by atoms with Crippen LogP contribution in [0.4, 0.5) is 0 Å². The fourth-order valence-corrected chi connectivity index (χ4v) is 0.718. The monoisotopic (exact) mass is 152 g/mol. The average molecular weight is 152 g/mol. The van der Waals surface area contributed by atoms with E-state index in [-0.39, 0.29) is 0 Å². The quantitative estimate of drug-likeness (QED) is 0.488. The number of ether oxygens (including phenoxy) is 1. The Hall–Kier alpha value is -1.02. The summed E-state index contributed by atoms with van der Waals surface area (Å²) in [5.41, 5.74) is 0. The predicted molar refractivity (Wildman–Crippen MR) is 43.2 cm³/mol. The molecule has 1 heterocycles. The van der Waals surface area contributed by atoms with Crippen LogP contribution in [0.2, 0.25) is 0 Å². The molecule has 0 aliphatic rings. The number of allylic oxidation sites excluding steroid dienone is 1. The van der Waals surface area contributed by atoms with Gasteiger partial charge >= 0.3 is 0 Å². The predicted octanol–water partition coefficient (Wildman–Crippen LogP) is 2.37. The second-order valence-electron chi connectivity index (χ2n) is 2.16. The Morgan fingerprint density at radius 3 is 3.18 bits per heavy atom. The molecule has 0 fully saturated rings. The zero-order chi connectivity index (χ0) is 7.94. The minimum absolute atomic E-state index is 0.553. The molecule has 2 heteroatoms. The van der Waals surface area contributed by atoms with Crippen LogP contribution >= 0.6 is 0 Å². The Morgan fingerprint density at radius 2 is 2.55 bits per heavy atom. The van der Waals surface area contributed by atoms with E-state index in [9.17, 15) is 0 Å². The van der Waals surface area contributed by atoms with Crippen LogP contribution in [0.15, 0.2) is 35.0 Å². The SMILES string of the molecule is C/C=C\COCc1ccco1. The highest BCUT2D eigenvalue weighted by molar-refractivity contribution is 4.96. The molecule has 0 unspecified atom stereocenters. The van der Waals surface area contributed by atoms with Crippen LogP contribution in [0.1, 0.15) is 12.7 Å². The summed E-state index contributed by atoms with van der Waals surface area (Å²) in [6.45, 7) is 3.17. The zero-order valence-corrected chi connectivity index (χ0v) is 6.62. The van der Waals surface area contributed by atoms with Gasteiger partial charge in [0.1, 0.15) is 12.4 Å². The first kappa shape index (κ1) is 8.08. The van der Waals surface area contributed by atoms with Crippen molar-refractivity contribution in [3.05, 3.63) is 36.3 Å². The third-order valence-corrected chi connectivity index (χ3v) is 1.27. The highest BCUT2D eigenvalue weighted by Crippen LogP contribution is 2.00. The van der Waals surface area contributed by atoms with E-state index in [0.29, 0.717) is 13.2 Å². The van der Waals surface area contributed by atoms with Crippen LogP contribution in [-0.2, 0) is 11.3 Å². The lowest BCUT2D eigenvalue weighted by Crippen LogP contribution is -1.90. The van der Waals surface area contributed by atoms with E-state index in [4.69, 9.17) is 9.15 Å². The molecule has 2 nitrogen and oxygen atoms in total. The van der Waals surface area contributed by atoms with Crippen molar-refractivity contribution >= 4 is 0 Å². The fraction of sp³-hybridized carbons (Fsp3) is 0.333. The second kappa shape index (κ2) is 4.74. The molecular weight excluding hydrogens is 140 g/mol. The summed E-state index contributed by atoms with van der Waals surface area (Å²) in [5, 5.41) is 0. The molecule has 0 aromatic carbocycles. The lowest BCUT2D eigenvalue weighted by atomic mass is 10.5. The summed E-state index contributed by atoms with van der Waals surface area (Å²) < 4.78 is 10.3. The first-order valence-electron chi connectivity index (χ1n) is 3.65. The Balaban J connectivity index is 2.14. The molecule has 0 radical (unpaired) electrons. The number of furan rings is 1. The average Bonchev–Trinajstić information content (AvgIpc) is 2.50. The molecule has 0 aliphatic heterocycles. The molecule has 1 aromatic rings. The summed E-state index contributed by atoms with van der Waals surface area (Å²) in [6.07, 6.45) is 5.57. The molecule has 60 valence electrons. The minimum Gasteiger partial charge on any atom is -0.467 e. The summed E-state index contributed by atoms with van der Waals surface area (Å²) in [6, 6.07) is 3.75. The molecular formula is C9H12O2. The molecule has 0 saturated carbocycles. The first-order chi connectivity index (χ1) is 5.43. The Morgan fingerprint density at radius 1 is 1.64 bits per heavy atom. The minimum atomic E-state index is 0.553. The van der Waals surface area contributed by atoms with Crippen molar-refractivity contribution in [3.8, 4) is 0 Å². The van der Waals surface area contributed by atoms with Crippen LogP contribution < -0.4 is 0 Å². The highest BCUT2D eigenvalue weighted by Gasteiger charge is 1.91. The lowest BCUT2D eigenvalue weighted by molar-refractivity contribution is 0.131. The molecule has 0 aliphatic carbocycles. The van der Waals surface area contributed by atoms with Crippen LogP contribution in [0.3, 0.4) is 0 Å². The van der Waals surface area contributed by atoms with Gasteiger partial charge in [-0.2, -0.15) is 0 Å². The molecule has 11 heavy (non-hydrogen) atoms. The maximum Gasteiger partial charge on any atom is 0.129 e. The Labute approximate surface area is 66.5 Å². The van der Waals surface area contributed by atoms with Crippen molar-refractivity contribution in [2.45, 2.75) is 13.5 Å². The zero-order valence-electron chi connectivity index (χ0n) is 6.62. The van der Waals surface area contributed by atoms with E-state index in [1.54, 1.807) is 6.26 Å². The molecule has 1 rings (SSSR count). The topological polar surface area (TPSA) is 22.4 Å². The number of hydrogen-bond acceptors (Lipinski definition) is 2. The van der Waals surface area contributed by atoms with Gasteiger partial charge in [0.05, 0.1) is 12.9 Å². The van der Waals surface area contributed by atoms with Crippen LogP contribution in [-0.4, -0.2) is 6.61 Å². The molecule has 0 spiro atoms. The maximum atomic E-state index is 5.24. The number of rotatable bonds is 4. The van der Waals surface area contributed by atoms with Gasteiger partial charge in [0, 0.05) is 0 Å². The molecule has 1 aromatic heterocycles. The third-order valence-electron chi connectivity index (χ3n) is 1.27. The third kappa shape index (κ3) is 3.05. The standard InChI is InChI=1S/C9H12O2/c1-2-3-6-10-8-9-5-4-7-11-9/h2-5,7H,6,8H2,1H3/b3-2-. The van der Waals surface area contributed by atoms with Crippen LogP contribution in [0.5, 0.6) is 0 Å². The van der Waals surface area contributed by atoms with Gasteiger partial charge in [0.15, 0.2) is 0 Å². The van der Waals surface area contributed by atoms with E-state index >= 15 is 0 Å². The summed E-state index contributed by atoms with van der Waals surface area (Å²) in [5.74, 6) is 0.870. The van der Waals surface area contributed by atoms with Gasteiger partial charge in [-0.25, -0.2) is 0 Å². The maximum absolute atomic E-state index is 5.24. The van der Waals surface area contributed by atoms with Crippen molar-refractivity contribution in [1.29, 1.82) is 0 Å². The van der Waals surface area contributed by atoms with Crippen LogP contribution in [0.25, 0.3) is 0 Å². The van der Waals surface area contributed by atoms with E-state index in [1.165, 1.54) is 0 Å². The van der Waals surface area contributed by atoms with Gasteiger partial charge in [-0.15, -0.1) is 0 Å². The normalized spacial score (nSPS) is 11.0. The molecule has 0 bridgehead atoms. The van der Waals surface area contributed by atoms with E-state index in [1.807, 2.05) is 31.2 Å². The molecule has 0 amide bonds. The van der Waals surface area contributed by atoms with Crippen molar-refractivity contribution < 1.29 is 9.15 Å². The fourth-order valence-electron chi connectivity index (χ4n) is 0.718. The molecule has 0 saturated heterocycles. The Bertz CT molecular complexity index is 199. The first-order valence-corrected chi connectivity index (χ1v) is 3.65. The second-order valence-corrected chi connectivity index (χ2v) is 2.16. The largest absolute Gasteiger partial charge is 0.467 e.